The number of anilines is 1. The summed E-state index contributed by atoms with van der Waals surface area (Å²) in [5.41, 5.74) is 2.59. The molecule has 0 radical (unpaired) electrons. The number of allylic oxidation sites excluding steroid dienone is 3. The minimum Gasteiger partial charge on any atom is -0.381 e. The number of piperidine rings is 1. The van der Waals surface area contributed by atoms with Crippen molar-refractivity contribution < 1.29 is 13.2 Å². The van der Waals surface area contributed by atoms with Gasteiger partial charge in [0.25, 0.3) is 0 Å². The van der Waals surface area contributed by atoms with Gasteiger partial charge in [-0.1, -0.05) is 68.5 Å². The Balaban J connectivity index is 1.23. The lowest BCUT2D eigenvalue weighted by Crippen LogP contribution is -2.42. The predicted molar refractivity (Wildman–Crippen MR) is 150 cm³/mol. The van der Waals surface area contributed by atoms with Crippen LogP contribution in [0.5, 0.6) is 0 Å². The first kappa shape index (κ1) is 27.1. The standard InChI is InChI=1S/C33H41F3N2/c1-23(22-38-19-17-26(18-20-38)25-9-5-3-6-10-25)13-15-29-24(2)30-21-28(33(34,35)36)14-16-31(30)37-32(29)27-11-7-4-8-12-27/h3-11,14,16,21,23-24,26-27,29,32,37H,12-13,15,17-20,22H2,1-2H3/t23-,24+,27?,29-,32+/m1/s1. The Hall–Kier alpha value is -2.53. The molecule has 1 N–H and O–H groups in total. The van der Waals surface area contributed by atoms with Crippen molar-refractivity contribution in [1.82, 2.24) is 4.90 Å². The minimum atomic E-state index is -4.32. The van der Waals surface area contributed by atoms with E-state index in [4.69, 9.17) is 0 Å². The number of rotatable bonds is 7. The van der Waals surface area contributed by atoms with Gasteiger partial charge in [0, 0.05) is 24.2 Å². The molecular weight excluding hydrogens is 481 g/mol. The van der Waals surface area contributed by atoms with Crippen molar-refractivity contribution >= 4 is 5.69 Å². The van der Waals surface area contributed by atoms with Crippen LogP contribution in [0.1, 0.15) is 74.5 Å². The maximum atomic E-state index is 13.5. The lowest BCUT2D eigenvalue weighted by atomic mass is 9.70. The number of likely N-dealkylation sites (tertiary alicyclic amines) is 1. The highest BCUT2D eigenvalue weighted by atomic mass is 19.4. The Morgan fingerprint density at radius 1 is 1.03 bits per heavy atom. The smallest absolute Gasteiger partial charge is 0.381 e. The second kappa shape index (κ2) is 11.7. The lowest BCUT2D eigenvalue weighted by Gasteiger charge is -2.43. The van der Waals surface area contributed by atoms with Crippen LogP contribution in [-0.2, 0) is 6.18 Å². The minimum absolute atomic E-state index is 0.0756. The molecule has 0 bridgehead atoms. The largest absolute Gasteiger partial charge is 0.416 e. The number of fused-ring (bicyclic) bond motifs is 1. The van der Waals surface area contributed by atoms with E-state index < -0.39 is 11.7 Å². The molecule has 1 saturated heterocycles. The molecule has 5 rings (SSSR count). The summed E-state index contributed by atoms with van der Waals surface area (Å²) in [6.45, 7) is 7.86. The molecule has 0 saturated carbocycles. The van der Waals surface area contributed by atoms with Gasteiger partial charge in [0.1, 0.15) is 0 Å². The van der Waals surface area contributed by atoms with Crippen LogP contribution in [0.3, 0.4) is 0 Å². The van der Waals surface area contributed by atoms with Crippen molar-refractivity contribution in [3.05, 3.63) is 89.5 Å². The van der Waals surface area contributed by atoms with Gasteiger partial charge in [0.2, 0.25) is 0 Å². The molecular formula is C33H41F3N2. The Morgan fingerprint density at radius 2 is 1.79 bits per heavy atom. The van der Waals surface area contributed by atoms with E-state index in [0.29, 0.717) is 23.7 Å². The van der Waals surface area contributed by atoms with Gasteiger partial charge in [-0.25, -0.2) is 0 Å². The quantitative estimate of drug-likeness (QED) is 0.391. The van der Waals surface area contributed by atoms with Crippen molar-refractivity contribution in [2.45, 2.75) is 70.0 Å². The maximum absolute atomic E-state index is 13.5. The van der Waals surface area contributed by atoms with Gasteiger partial charge in [-0.2, -0.15) is 13.2 Å². The Kier molecular flexibility index (Phi) is 8.32. The molecule has 3 aliphatic rings. The van der Waals surface area contributed by atoms with Gasteiger partial charge < -0.3 is 10.2 Å². The van der Waals surface area contributed by atoms with E-state index in [9.17, 15) is 13.2 Å². The van der Waals surface area contributed by atoms with Gasteiger partial charge >= 0.3 is 6.18 Å². The first-order valence-electron chi connectivity index (χ1n) is 14.4. The molecule has 2 aliphatic heterocycles. The van der Waals surface area contributed by atoms with Crippen LogP contribution in [-0.4, -0.2) is 30.6 Å². The van der Waals surface area contributed by atoms with Gasteiger partial charge in [-0.05, 0) is 98.2 Å². The van der Waals surface area contributed by atoms with Crippen molar-refractivity contribution in [1.29, 1.82) is 0 Å². The number of hydrogen-bond acceptors (Lipinski definition) is 2. The van der Waals surface area contributed by atoms with E-state index in [2.05, 4.69) is 78.7 Å². The summed E-state index contributed by atoms with van der Waals surface area (Å²) in [7, 11) is 0. The van der Waals surface area contributed by atoms with Crippen LogP contribution in [0.2, 0.25) is 0 Å². The molecule has 0 spiro atoms. The molecule has 2 nitrogen and oxygen atoms in total. The van der Waals surface area contributed by atoms with Crippen LogP contribution in [0, 0.1) is 17.8 Å². The molecule has 5 atom stereocenters. The average Bonchev–Trinajstić information content (AvgIpc) is 2.93. The lowest BCUT2D eigenvalue weighted by molar-refractivity contribution is -0.137. The van der Waals surface area contributed by atoms with Gasteiger partial charge in [0.05, 0.1) is 5.56 Å². The highest BCUT2D eigenvalue weighted by Crippen LogP contribution is 2.46. The topological polar surface area (TPSA) is 15.3 Å². The second-order valence-corrected chi connectivity index (χ2v) is 11.8. The third-order valence-corrected chi connectivity index (χ3v) is 9.19. The van der Waals surface area contributed by atoms with E-state index in [1.807, 2.05) is 0 Å². The Labute approximate surface area is 226 Å². The molecule has 1 fully saturated rings. The van der Waals surface area contributed by atoms with Crippen molar-refractivity contribution in [2.75, 3.05) is 25.0 Å². The fraction of sp³-hybridized carbons (Fsp3) is 0.515. The molecule has 2 aromatic rings. The fourth-order valence-corrected chi connectivity index (χ4v) is 6.98. The summed E-state index contributed by atoms with van der Waals surface area (Å²) < 4.78 is 40.5. The second-order valence-electron chi connectivity index (χ2n) is 11.8. The Bertz CT molecular complexity index is 1110. The normalized spacial score (nSPS) is 27.1. The number of nitrogens with one attached hydrogen (secondary N) is 1. The summed E-state index contributed by atoms with van der Waals surface area (Å²) in [5, 5.41) is 3.69. The van der Waals surface area contributed by atoms with Crippen molar-refractivity contribution in [3.8, 4) is 0 Å². The summed E-state index contributed by atoms with van der Waals surface area (Å²) >= 11 is 0. The number of hydrogen-bond donors (Lipinski definition) is 1. The summed E-state index contributed by atoms with van der Waals surface area (Å²) in [5.74, 6) is 1.94. The van der Waals surface area contributed by atoms with Gasteiger partial charge in [-0.3, -0.25) is 0 Å². The monoisotopic (exact) mass is 522 g/mol. The first-order valence-corrected chi connectivity index (χ1v) is 14.4. The molecule has 2 heterocycles. The van der Waals surface area contributed by atoms with E-state index in [0.717, 1.165) is 50.1 Å². The van der Waals surface area contributed by atoms with Gasteiger partial charge in [-0.15, -0.1) is 0 Å². The van der Waals surface area contributed by atoms with Crippen LogP contribution in [0.4, 0.5) is 18.9 Å². The van der Waals surface area contributed by atoms with E-state index in [1.54, 1.807) is 6.07 Å². The zero-order valence-electron chi connectivity index (χ0n) is 22.6. The third kappa shape index (κ3) is 6.20. The molecule has 5 heteroatoms. The van der Waals surface area contributed by atoms with Crippen LogP contribution in [0.25, 0.3) is 0 Å². The third-order valence-electron chi connectivity index (χ3n) is 9.19. The highest BCUT2D eigenvalue weighted by Gasteiger charge is 2.39. The Morgan fingerprint density at radius 3 is 2.47 bits per heavy atom. The number of halogens is 3. The van der Waals surface area contributed by atoms with Crippen molar-refractivity contribution in [3.63, 3.8) is 0 Å². The van der Waals surface area contributed by atoms with Crippen LogP contribution in [0.15, 0.2) is 72.8 Å². The molecule has 0 aromatic heterocycles. The summed E-state index contributed by atoms with van der Waals surface area (Å²) in [4.78, 5) is 2.61. The van der Waals surface area contributed by atoms with E-state index >= 15 is 0 Å². The SMILES string of the molecule is C[C@H](CC[C@@H]1[C@H](C)c2cc(C(F)(F)F)ccc2N[C@H]1C1C=CC=CC1)CN1CCC(c2ccccc2)CC1. The average molecular weight is 523 g/mol. The predicted octanol–water partition coefficient (Wildman–Crippen LogP) is 8.65. The van der Waals surface area contributed by atoms with E-state index in [1.165, 1.54) is 30.5 Å². The first-order chi connectivity index (χ1) is 18.3. The van der Waals surface area contributed by atoms with Crippen LogP contribution >= 0.6 is 0 Å². The maximum Gasteiger partial charge on any atom is 0.416 e. The van der Waals surface area contributed by atoms with Crippen LogP contribution < -0.4 is 5.32 Å². The summed E-state index contributed by atoms with van der Waals surface area (Å²) in [6.07, 6.45) is 9.86. The molecule has 204 valence electrons. The van der Waals surface area contributed by atoms with Crippen molar-refractivity contribution in [2.24, 2.45) is 17.8 Å². The number of alkyl halides is 3. The molecule has 38 heavy (non-hydrogen) atoms. The molecule has 1 unspecified atom stereocenters. The molecule has 0 amide bonds. The van der Waals surface area contributed by atoms with Gasteiger partial charge in [0.15, 0.2) is 0 Å². The highest BCUT2D eigenvalue weighted by molar-refractivity contribution is 5.58. The zero-order chi connectivity index (χ0) is 26.7. The summed E-state index contributed by atoms with van der Waals surface area (Å²) in [6, 6.07) is 15.3. The van der Waals surface area contributed by atoms with E-state index in [-0.39, 0.29) is 12.0 Å². The molecule has 2 aromatic carbocycles. The number of nitrogens with zero attached hydrogens (tertiary/aromatic N) is 1. The molecule has 1 aliphatic carbocycles. The number of benzene rings is 2. The zero-order valence-corrected chi connectivity index (χ0v) is 22.6. The fourth-order valence-electron chi connectivity index (χ4n) is 6.98.